The van der Waals surface area contributed by atoms with Crippen LogP contribution in [0.25, 0.3) is 0 Å². The normalized spacial score (nSPS) is 14.6. The highest BCUT2D eigenvalue weighted by molar-refractivity contribution is 5.24. The van der Waals surface area contributed by atoms with Crippen LogP contribution in [0.5, 0.6) is 0 Å². The SMILES string of the molecule is CNC(c1ccc(F)c(F)c1F)C(C)CCOC. The molecule has 1 N–H and O–H groups in total. The van der Waals surface area contributed by atoms with Crippen LogP contribution < -0.4 is 5.32 Å². The quantitative estimate of drug-likeness (QED) is 0.795. The third-order valence-electron chi connectivity index (χ3n) is 3.06. The van der Waals surface area contributed by atoms with Gasteiger partial charge in [0, 0.05) is 25.3 Å². The molecule has 0 spiro atoms. The molecular formula is C13H18F3NO. The molecule has 0 radical (unpaired) electrons. The predicted molar refractivity (Wildman–Crippen MR) is 63.8 cm³/mol. The van der Waals surface area contributed by atoms with Crippen molar-refractivity contribution in [1.82, 2.24) is 5.32 Å². The summed E-state index contributed by atoms with van der Waals surface area (Å²) < 4.78 is 44.7. The molecule has 0 aliphatic carbocycles. The van der Waals surface area contributed by atoms with Gasteiger partial charge in [-0.1, -0.05) is 13.0 Å². The van der Waals surface area contributed by atoms with Gasteiger partial charge in [0.25, 0.3) is 0 Å². The van der Waals surface area contributed by atoms with Gasteiger partial charge in [-0.3, -0.25) is 0 Å². The van der Waals surface area contributed by atoms with Gasteiger partial charge in [-0.25, -0.2) is 13.2 Å². The molecule has 0 heterocycles. The minimum atomic E-state index is -1.42. The van der Waals surface area contributed by atoms with Crippen LogP contribution >= 0.6 is 0 Å². The molecule has 0 fully saturated rings. The van der Waals surface area contributed by atoms with Crippen LogP contribution in [0.15, 0.2) is 12.1 Å². The molecule has 2 nitrogen and oxygen atoms in total. The molecule has 0 aromatic heterocycles. The molecule has 1 aromatic rings. The van der Waals surface area contributed by atoms with Crippen LogP contribution in [0.1, 0.15) is 24.9 Å². The van der Waals surface area contributed by atoms with Crippen LogP contribution in [0.3, 0.4) is 0 Å². The maximum Gasteiger partial charge on any atom is 0.194 e. The van der Waals surface area contributed by atoms with Crippen molar-refractivity contribution in [2.45, 2.75) is 19.4 Å². The molecule has 5 heteroatoms. The Morgan fingerprint density at radius 2 is 1.89 bits per heavy atom. The minimum Gasteiger partial charge on any atom is -0.385 e. The smallest absolute Gasteiger partial charge is 0.194 e. The lowest BCUT2D eigenvalue weighted by Crippen LogP contribution is -2.26. The van der Waals surface area contributed by atoms with Gasteiger partial charge in [0.1, 0.15) is 0 Å². The average Bonchev–Trinajstić information content (AvgIpc) is 2.37. The van der Waals surface area contributed by atoms with E-state index in [2.05, 4.69) is 5.32 Å². The van der Waals surface area contributed by atoms with Crippen LogP contribution in [0.2, 0.25) is 0 Å². The first-order valence-corrected chi connectivity index (χ1v) is 5.82. The molecule has 18 heavy (non-hydrogen) atoms. The summed E-state index contributed by atoms with van der Waals surface area (Å²) in [7, 11) is 3.24. The van der Waals surface area contributed by atoms with E-state index in [1.165, 1.54) is 6.07 Å². The van der Waals surface area contributed by atoms with Gasteiger partial charge in [0.2, 0.25) is 0 Å². The standard InChI is InChI=1S/C13H18F3NO/c1-8(6-7-18-3)13(17-2)9-4-5-10(14)12(16)11(9)15/h4-5,8,13,17H,6-7H2,1-3H3. The Morgan fingerprint density at radius 1 is 1.22 bits per heavy atom. The van der Waals surface area contributed by atoms with Gasteiger partial charge in [-0.2, -0.15) is 0 Å². The minimum absolute atomic E-state index is 0.0364. The van der Waals surface area contributed by atoms with Crippen LogP contribution in [0, 0.1) is 23.4 Å². The van der Waals surface area contributed by atoms with E-state index in [0.29, 0.717) is 13.0 Å². The highest BCUT2D eigenvalue weighted by Crippen LogP contribution is 2.28. The first-order chi connectivity index (χ1) is 8.52. The summed E-state index contributed by atoms with van der Waals surface area (Å²) in [6, 6.07) is 1.84. The topological polar surface area (TPSA) is 21.3 Å². The largest absolute Gasteiger partial charge is 0.385 e. The van der Waals surface area contributed by atoms with E-state index >= 15 is 0 Å². The van der Waals surface area contributed by atoms with Gasteiger partial charge < -0.3 is 10.1 Å². The maximum absolute atomic E-state index is 13.7. The fourth-order valence-electron chi connectivity index (χ4n) is 2.00. The van der Waals surface area contributed by atoms with Crippen LogP contribution in [-0.4, -0.2) is 20.8 Å². The van der Waals surface area contributed by atoms with Gasteiger partial charge in [-0.05, 0) is 25.5 Å². The molecule has 2 unspecified atom stereocenters. The first-order valence-electron chi connectivity index (χ1n) is 5.82. The molecule has 0 saturated heterocycles. The number of methoxy groups -OCH3 is 1. The molecule has 1 rings (SSSR count). The average molecular weight is 261 g/mol. The molecule has 0 aliphatic heterocycles. The fraction of sp³-hybridized carbons (Fsp3) is 0.538. The van der Waals surface area contributed by atoms with Gasteiger partial charge in [0.05, 0.1) is 0 Å². The Balaban J connectivity index is 2.98. The van der Waals surface area contributed by atoms with Crippen molar-refractivity contribution in [3.63, 3.8) is 0 Å². The van der Waals surface area contributed by atoms with E-state index in [1.54, 1.807) is 14.2 Å². The highest BCUT2D eigenvalue weighted by atomic mass is 19.2. The Morgan fingerprint density at radius 3 is 2.44 bits per heavy atom. The van der Waals surface area contributed by atoms with Gasteiger partial charge >= 0.3 is 0 Å². The van der Waals surface area contributed by atoms with Gasteiger partial charge in [-0.15, -0.1) is 0 Å². The Bertz CT molecular complexity index is 398. The lowest BCUT2D eigenvalue weighted by atomic mass is 9.91. The summed E-state index contributed by atoms with van der Waals surface area (Å²) in [5.74, 6) is -3.68. The molecule has 0 amide bonds. The first kappa shape index (κ1) is 15.0. The highest BCUT2D eigenvalue weighted by Gasteiger charge is 2.23. The number of hydrogen-bond acceptors (Lipinski definition) is 2. The second-order valence-corrected chi connectivity index (χ2v) is 4.29. The second kappa shape index (κ2) is 6.75. The van der Waals surface area contributed by atoms with Crippen molar-refractivity contribution < 1.29 is 17.9 Å². The fourth-order valence-corrected chi connectivity index (χ4v) is 2.00. The molecule has 2 atom stereocenters. The van der Waals surface area contributed by atoms with Crippen molar-refractivity contribution in [3.05, 3.63) is 35.1 Å². The third kappa shape index (κ3) is 3.23. The summed E-state index contributed by atoms with van der Waals surface area (Å²) in [5, 5.41) is 2.93. The van der Waals surface area contributed by atoms with Crippen molar-refractivity contribution in [2.75, 3.05) is 20.8 Å². The summed E-state index contributed by atoms with van der Waals surface area (Å²) in [4.78, 5) is 0. The zero-order chi connectivity index (χ0) is 13.7. The van der Waals surface area contributed by atoms with Crippen molar-refractivity contribution in [3.8, 4) is 0 Å². The van der Waals surface area contributed by atoms with E-state index in [1.807, 2.05) is 6.92 Å². The maximum atomic E-state index is 13.7. The van der Waals surface area contributed by atoms with E-state index < -0.39 is 17.5 Å². The van der Waals surface area contributed by atoms with Crippen molar-refractivity contribution in [2.24, 2.45) is 5.92 Å². The summed E-state index contributed by atoms with van der Waals surface area (Å²) in [6.45, 7) is 2.44. The zero-order valence-electron chi connectivity index (χ0n) is 10.8. The Kier molecular flexibility index (Phi) is 5.62. The lowest BCUT2D eigenvalue weighted by molar-refractivity contribution is 0.170. The second-order valence-electron chi connectivity index (χ2n) is 4.29. The van der Waals surface area contributed by atoms with Crippen molar-refractivity contribution >= 4 is 0 Å². The molecule has 0 aliphatic rings. The monoisotopic (exact) mass is 261 g/mol. The van der Waals surface area contributed by atoms with Crippen molar-refractivity contribution in [1.29, 1.82) is 0 Å². The zero-order valence-corrected chi connectivity index (χ0v) is 10.8. The van der Waals surface area contributed by atoms with Gasteiger partial charge in [0.15, 0.2) is 17.5 Å². The van der Waals surface area contributed by atoms with Crippen LogP contribution in [0.4, 0.5) is 13.2 Å². The number of halogens is 3. The number of ether oxygens (including phenoxy) is 1. The van der Waals surface area contributed by atoms with E-state index in [9.17, 15) is 13.2 Å². The summed E-state index contributed by atoms with van der Waals surface area (Å²) in [5.41, 5.74) is 0.139. The molecule has 0 saturated carbocycles. The molecule has 102 valence electrons. The number of hydrogen-bond donors (Lipinski definition) is 1. The number of nitrogens with one attached hydrogen (secondary N) is 1. The summed E-state index contributed by atoms with van der Waals surface area (Å²) >= 11 is 0. The van der Waals surface area contributed by atoms with Crippen LogP contribution in [-0.2, 0) is 4.74 Å². The Labute approximate surface area is 105 Å². The molecule has 1 aromatic carbocycles. The number of benzene rings is 1. The molecule has 0 bridgehead atoms. The van der Waals surface area contributed by atoms with E-state index in [4.69, 9.17) is 4.74 Å². The number of rotatable bonds is 6. The summed E-state index contributed by atoms with van der Waals surface area (Å²) in [6.07, 6.45) is 0.695. The third-order valence-corrected chi connectivity index (χ3v) is 3.06. The van der Waals surface area contributed by atoms with E-state index in [0.717, 1.165) is 6.07 Å². The molecular weight excluding hydrogens is 243 g/mol. The van der Waals surface area contributed by atoms with E-state index in [-0.39, 0.29) is 17.5 Å². The Hall–Kier alpha value is -1.07. The predicted octanol–water partition coefficient (Wildman–Crippen LogP) is 3.04. The lowest BCUT2D eigenvalue weighted by Gasteiger charge is -2.24.